The van der Waals surface area contributed by atoms with Gasteiger partial charge in [-0.1, -0.05) is 11.2 Å². The molecule has 0 spiro atoms. The van der Waals surface area contributed by atoms with Crippen LogP contribution in [0.5, 0.6) is 0 Å². The Kier molecular flexibility index (Phi) is 3.92. The first-order valence-electron chi connectivity index (χ1n) is 5.72. The molecule has 0 aliphatic carbocycles. The van der Waals surface area contributed by atoms with Gasteiger partial charge in [0.2, 0.25) is 5.89 Å². The summed E-state index contributed by atoms with van der Waals surface area (Å²) < 4.78 is 56.0. The van der Waals surface area contributed by atoms with Crippen molar-refractivity contribution in [3.8, 4) is 0 Å². The van der Waals surface area contributed by atoms with Gasteiger partial charge in [-0.05, 0) is 12.1 Å². The fraction of sp³-hybridized carbons (Fsp3) is 0.250. The number of amides is 1. The molecule has 0 aliphatic heterocycles. The van der Waals surface area contributed by atoms with Crippen molar-refractivity contribution < 1.29 is 26.9 Å². The van der Waals surface area contributed by atoms with E-state index < -0.39 is 29.0 Å². The number of hydrogen-bond donors (Lipinski definition) is 1. The Morgan fingerprint density at radius 1 is 1.38 bits per heavy atom. The van der Waals surface area contributed by atoms with Gasteiger partial charge >= 0.3 is 6.18 Å². The van der Waals surface area contributed by atoms with Crippen molar-refractivity contribution in [3.63, 3.8) is 0 Å². The minimum Gasteiger partial charge on any atom is -0.345 e. The van der Waals surface area contributed by atoms with Crippen LogP contribution in [-0.2, 0) is 12.7 Å². The number of hydrogen-bond acceptors (Lipinski definition) is 4. The molecule has 0 fully saturated rings. The summed E-state index contributed by atoms with van der Waals surface area (Å²) in [5, 5.41) is 5.70. The molecule has 21 heavy (non-hydrogen) atoms. The van der Waals surface area contributed by atoms with E-state index in [9.17, 15) is 22.4 Å². The molecule has 1 amide bonds. The Bertz CT molecular complexity index is 667. The van der Waals surface area contributed by atoms with Gasteiger partial charge in [0, 0.05) is 6.92 Å². The fourth-order valence-corrected chi connectivity index (χ4v) is 1.59. The summed E-state index contributed by atoms with van der Waals surface area (Å²) in [5.74, 6) is -2.22. The Hall–Kier alpha value is -2.45. The SMILES string of the molecule is Cc1nc(CNC(=O)c2cccc(C(F)(F)F)c2F)no1. The zero-order valence-corrected chi connectivity index (χ0v) is 10.7. The van der Waals surface area contributed by atoms with Crippen molar-refractivity contribution >= 4 is 5.91 Å². The zero-order chi connectivity index (χ0) is 15.6. The monoisotopic (exact) mass is 303 g/mol. The largest absolute Gasteiger partial charge is 0.419 e. The molecule has 0 saturated carbocycles. The second-order valence-corrected chi connectivity index (χ2v) is 4.08. The molecule has 9 heteroatoms. The lowest BCUT2D eigenvalue weighted by atomic mass is 10.1. The molecule has 0 aliphatic rings. The summed E-state index contributed by atoms with van der Waals surface area (Å²) in [6.45, 7) is 1.34. The molecular weight excluding hydrogens is 294 g/mol. The van der Waals surface area contributed by atoms with Crippen molar-refractivity contribution in [2.24, 2.45) is 0 Å². The molecule has 1 aromatic heterocycles. The lowest BCUT2D eigenvalue weighted by Crippen LogP contribution is -2.25. The first kappa shape index (κ1) is 14.9. The third-order valence-electron chi connectivity index (χ3n) is 2.53. The second-order valence-electron chi connectivity index (χ2n) is 4.08. The first-order valence-corrected chi connectivity index (χ1v) is 5.72. The number of aryl methyl sites for hydroxylation is 1. The van der Waals surface area contributed by atoms with Crippen molar-refractivity contribution in [1.29, 1.82) is 0 Å². The molecule has 1 N–H and O–H groups in total. The number of benzene rings is 1. The van der Waals surface area contributed by atoms with Crippen molar-refractivity contribution in [1.82, 2.24) is 15.5 Å². The maximum absolute atomic E-state index is 13.7. The van der Waals surface area contributed by atoms with Gasteiger partial charge in [-0.15, -0.1) is 0 Å². The van der Waals surface area contributed by atoms with Crippen LogP contribution in [-0.4, -0.2) is 16.0 Å². The molecule has 0 saturated heterocycles. The Morgan fingerprint density at radius 3 is 2.67 bits per heavy atom. The molecule has 2 aromatic rings. The molecule has 5 nitrogen and oxygen atoms in total. The molecule has 0 bridgehead atoms. The zero-order valence-electron chi connectivity index (χ0n) is 10.7. The smallest absolute Gasteiger partial charge is 0.345 e. The minimum absolute atomic E-state index is 0.133. The van der Waals surface area contributed by atoms with Crippen LogP contribution in [0.4, 0.5) is 17.6 Å². The predicted octanol–water partition coefficient (Wildman–Crippen LogP) is 2.47. The quantitative estimate of drug-likeness (QED) is 0.884. The van der Waals surface area contributed by atoms with Gasteiger partial charge < -0.3 is 9.84 Å². The lowest BCUT2D eigenvalue weighted by Gasteiger charge is -2.10. The Balaban J connectivity index is 2.16. The summed E-state index contributed by atoms with van der Waals surface area (Å²) in [7, 11) is 0. The highest BCUT2D eigenvalue weighted by atomic mass is 19.4. The number of carbonyl (C=O) groups is 1. The van der Waals surface area contributed by atoms with Gasteiger partial charge in [0.15, 0.2) is 5.82 Å². The van der Waals surface area contributed by atoms with Crippen molar-refractivity contribution in [2.45, 2.75) is 19.6 Å². The number of nitrogens with one attached hydrogen (secondary N) is 1. The maximum Gasteiger partial charge on any atom is 0.419 e. The molecule has 112 valence electrons. The van der Waals surface area contributed by atoms with Gasteiger partial charge in [0.05, 0.1) is 17.7 Å². The first-order chi connectivity index (χ1) is 9.79. The van der Waals surface area contributed by atoms with Crippen LogP contribution >= 0.6 is 0 Å². The average Bonchev–Trinajstić information content (AvgIpc) is 2.80. The van der Waals surface area contributed by atoms with Crippen molar-refractivity contribution in [3.05, 3.63) is 46.9 Å². The summed E-state index contributed by atoms with van der Waals surface area (Å²) in [6, 6.07) is 2.48. The number of aromatic nitrogens is 2. The normalized spacial score (nSPS) is 11.5. The van der Waals surface area contributed by atoms with Gasteiger partial charge in [-0.3, -0.25) is 4.79 Å². The molecule has 0 radical (unpaired) electrons. The number of nitrogens with zero attached hydrogens (tertiary/aromatic N) is 2. The number of alkyl halides is 3. The van der Waals surface area contributed by atoms with Gasteiger partial charge in [-0.25, -0.2) is 4.39 Å². The second kappa shape index (κ2) is 5.51. The van der Waals surface area contributed by atoms with Crippen LogP contribution in [0.1, 0.15) is 27.6 Å². The van der Waals surface area contributed by atoms with Gasteiger partial charge in [0.1, 0.15) is 5.82 Å². The maximum atomic E-state index is 13.7. The third kappa shape index (κ3) is 3.36. The van der Waals surface area contributed by atoms with E-state index in [4.69, 9.17) is 0 Å². The van der Waals surface area contributed by atoms with Crippen LogP contribution in [0.25, 0.3) is 0 Å². The summed E-state index contributed by atoms with van der Waals surface area (Å²) in [4.78, 5) is 15.5. The minimum atomic E-state index is -4.87. The summed E-state index contributed by atoms with van der Waals surface area (Å²) in [6.07, 6.45) is -4.87. The molecule has 0 unspecified atom stereocenters. The van der Waals surface area contributed by atoms with E-state index in [0.29, 0.717) is 6.07 Å². The molecular formula is C12H9F4N3O2. The fourth-order valence-electron chi connectivity index (χ4n) is 1.59. The van der Waals surface area contributed by atoms with E-state index in [1.807, 2.05) is 0 Å². The number of rotatable bonds is 3. The Labute approximate surface area is 116 Å². The van der Waals surface area contributed by atoms with E-state index in [-0.39, 0.29) is 18.3 Å². The van der Waals surface area contributed by atoms with Crippen LogP contribution < -0.4 is 5.32 Å². The van der Waals surface area contributed by atoms with Crippen molar-refractivity contribution in [2.75, 3.05) is 0 Å². The molecule has 2 rings (SSSR count). The number of carbonyl (C=O) groups excluding carboxylic acids is 1. The lowest BCUT2D eigenvalue weighted by molar-refractivity contribution is -0.140. The molecule has 0 atom stereocenters. The third-order valence-corrected chi connectivity index (χ3v) is 2.53. The van der Waals surface area contributed by atoms with E-state index in [0.717, 1.165) is 12.1 Å². The summed E-state index contributed by atoms with van der Waals surface area (Å²) >= 11 is 0. The standard InChI is InChI=1S/C12H9F4N3O2/c1-6-18-9(19-21-6)5-17-11(20)7-3-2-4-8(10(7)13)12(14,15)16/h2-4H,5H2,1H3,(H,17,20). The molecule has 1 heterocycles. The highest BCUT2D eigenvalue weighted by Crippen LogP contribution is 2.32. The van der Waals surface area contributed by atoms with Crippen LogP contribution in [0, 0.1) is 12.7 Å². The highest BCUT2D eigenvalue weighted by Gasteiger charge is 2.35. The van der Waals surface area contributed by atoms with E-state index in [1.165, 1.54) is 6.92 Å². The van der Waals surface area contributed by atoms with E-state index in [2.05, 4.69) is 20.0 Å². The molecule has 1 aromatic carbocycles. The Morgan fingerprint density at radius 2 is 2.10 bits per heavy atom. The van der Waals surface area contributed by atoms with E-state index in [1.54, 1.807) is 0 Å². The van der Waals surface area contributed by atoms with Crippen LogP contribution in [0.15, 0.2) is 22.7 Å². The highest BCUT2D eigenvalue weighted by molar-refractivity contribution is 5.94. The summed E-state index contributed by atoms with van der Waals surface area (Å²) in [5.41, 5.74) is -2.20. The van der Waals surface area contributed by atoms with Crippen LogP contribution in [0.3, 0.4) is 0 Å². The van der Waals surface area contributed by atoms with Crippen LogP contribution in [0.2, 0.25) is 0 Å². The van der Waals surface area contributed by atoms with Gasteiger partial charge in [-0.2, -0.15) is 18.2 Å². The topological polar surface area (TPSA) is 68.0 Å². The number of halogens is 4. The predicted molar refractivity (Wildman–Crippen MR) is 61.6 cm³/mol. The van der Waals surface area contributed by atoms with Gasteiger partial charge in [0.25, 0.3) is 5.91 Å². The van der Waals surface area contributed by atoms with E-state index >= 15 is 0 Å². The average molecular weight is 303 g/mol.